The lowest BCUT2D eigenvalue weighted by molar-refractivity contribution is -0.137. The van der Waals surface area contributed by atoms with Crippen molar-refractivity contribution in [2.45, 2.75) is 26.2 Å². The van der Waals surface area contributed by atoms with Crippen LogP contribution in [0.15, 0.2) is 65.0 Å². The zero-order valence-electron chi connectivity index (χ0n) is 16.9. The van der Waals surface area contributed by atoms with Gasteiger partial charge >= 0.3 is 6.18 Å². The van der Waals surface area contributed by atoms with Crippen molar-refractivity contribution in [3.05, 3.63) is 87.3 Å². The Bertz CT molecular complexity index is 1340. The summed E-state index contributed by atoms with van der Waals surface area (Å²) in [5, 5.41) is 4.86. The van der Waals surface area contributed by atoms with E-state index in [0.717, 1.165) is 28.8 Å². The molecule has 0 aliphatic rings. The van der Waals surface area contributed by atoms with Gasteiger partial charge in [-0.25, -0.2) is 4.98 Å². The van der Waals surface area contributed by atoms with Crippen LogP contribution < -0.4 is 10.9 Å². The van der Waals surface area contributed by atoms with Crippen molar-refractivity contribution < 1.29 is 18.0 Å². The summed E-state index contributed by atoms with van der Waals surface area (Å²) in [6.45, 7) is 1.60. The number of carbonyl (C=O) groups excluding carboxylic acids is 1. The molecule has 0 aliphatic carbocycles. The van der Waals surface area contributed by atoms with Crippen molar-refractivity contribution in [1.82, 2.24) is 14.9 Å². The van der Waals surface area contributed by atoms with Crippen LogP contribution in [0.5, 0.6) is 0 Å². The first-order valence-electron chi connectivity index (χ1n) is 9.69. The Morgan fingerprint density at radius 1 is 1.16 bits per heavy atom. The van der Waals surface area contributed by atoms with E-state index in [0.29, 0.717) is 15.8 Å². The monoisotopic (exact) mass is 457 g/mol. The summed E-state index contributed by atoms with van der Waals surface area (Å²) in [6.07, 6.45) is -3.14. The predicted molar refractivity (Wildman–Crippen MR) is 117 cm³/mol. The molecule has 4 aromatic rings. The molecule has 0 bridgehead atoms. The fraction of sp³-hybridized carbons (Fsp3) is 0.174. The average molecular weight is 457 g/mol. The molecule has 1 N–H and O–H groups in total. The molecule has 0 unspecified atom stereocenters. The maximum Gasteiger partial charge on any atom is 0.416 e. The predicted octanol–water partition coefficient (Wildman–Crippen LogP) is 4.77. The lowest BCUT2D eigenvalue weighted by Gasteiger charge is -2.10. The third-order valence-electron chi connectivity index (χ3n) is 4.98. The molecule has 164 valence electrons. The number of nitrogens with zero attached hydrogens (tertiary/aromatic N) is 2. The van der Waals surface area contributed by atoms with E-state index in [2.05, 4.69) is 10.3 Å². The Morgan fingerprint density at radius 3 is 2.62 bits per heavy atom. The molecule has 9 heteroatoms. The molecular weight excluding hydrogens is 439 g/mol. The fourth-order valence-electron chi connectivity index (χ4n) is 3.29. The largest absolute Gasteiger partial charge is 0.416 e. The zero-order chi connectivity index (χ0) is 22.9. The van der Waals surface area contributed by atoms with Crippen LogP contribution in [0.4, 0.5) is 13.2 Å². The standard InChI is InChI=1S/C23H18F3N3O2S/c1-14-5-7-16(8-6-14)18-12-32-21-20(18)22(31)29(13-28-21)11-19(30)27-10-15-3-2-4-17(9-15)23(24,25)26/h2-9,12-13H,10-11H2,1H3,(H,27,30). The minimum atomic E-state index is -4.45. The van der Waals surface area contributed by atoms with E-state index in [1.807, 2.05) is 36.6 Å². The number of alkyl halides is 3. The highest BCUT2D eigenvalue weighted by atomic mass is 32.1. The lowest BCUT2D eigenvalue weighted by Crippen LogP contribution is -2.32. The summed E-state index contributed by atoms with van der Waals surface area (Å²) in [5.41, 5.74) is 1.92. The van der Waals surface area contributed by atoms with Crippen molar-refractivity contribution in [2.24, 2.45) is 0 Å². The number of hydrogen-bond donors (Lipinski definition) is 1. The van der Waals surface area contributed by atoms with Crippen LogP contribution in [0.2, 0.25) is 0 Å². The van der Waals surface area contributed by atoms with Crippen LogP contribution in [-0.4, -0.2) is 15.5 Å². The number of thiophene rings is 1. The van der Waals surface area contributed by atoms with E-state index >= 15 is 0 Å². The summed E-state index contributed by atoms with van der Waals surface area (Å²) in [7, 11) is 0. The molecule has 1 amide bonds. The molecule has 5 nitrogen and oxygen atoms in total. The van der Waals surface area contributed by atoms with Crippen molar-refractivity contribution in [2.75, 3.05) is 0 Å². The van der Waals surface area contributed by atoms with Gasteiger partial charge in [-0.3, -0.25) is 14.2 Å². The summed E-state index contributed by atoms with van der Waals surface area (Å²) in [4.78, 5) is 30.3. The third kappa shape index (κ3) is 4.57. The molecule has 2 heterocycles. The number of benzene rings is 2. The van der Waals surface area contributed by atoms with Gasteiger partial charge in [-0.05, 0) is 30.2 Å². The van der Waals surface area contributed by atoms with Gasteiger partial charge in [0, 0.05) is 17.5 Å². The van der Waals surface area contributed by atoms with Gasteiger partial charge < -0.3 is 5.32 Å². The number of hydrogen-bond acceptors (Lipinski definition) is 4. The van der Waals surface area contributed by atoms with Crippen LogP contribution in [-0.2, 0) is 24.1 Å². The number of amides is 1. The minimum Gasteiger partial charge on any atom is -0.350 e. The Kier molecular flexibility index (Phi) is 5.84. The Hall–Kier alpha value is -3.46. The minimum absolute atomic E-state index is 0.0831. The highest BCUT2D eigenvalue weighted by Gasteiger charge is 2.30. The third-order valence-corrected chi connectivity index (χ3v) is 5.87. The van der Waals surface area contributed by atoms with Crippen LogP contribution in [0.25, 0.3) is 21.3 Å². The number of aromatic nitrogens is 2. The van der Waals surface area contributed by atoms with Crippen LogP contribution in [0, 0.1) is 6.92 Å². The van der Waals surface area contributed by atoms with Crippen LogP contribution in [0.1, 0.15) is 16.7 Å². The first-order chi connectivity index (χ1) is 15.2. The molecule has 0 saturated carbocycles. The number of rotatable bonds is 5. The van der Waals surface area contributed by atoms with Crippen LogP contribution in [0.3, 0.4) is 0 Å². The number of carbonyl (C=O) groups is 1. The highest BCUT2D eigenvalue weighted by molar-refractivity contribution is 7.17. The lowest BCUT2D eigenvalue weighted by atomic mass is 10.1. The summed E-state index contributed by atoms with van der Waals surface area (Å²) in [6, 6.07) is 12.5. The van der Waals surface area contributed by atoms with Gasteiger partial charge in [-0.15, -0.1) is 11.3 Å². The van der Waals surface area contributed by atoms with Gasteiger partial charge in [0.1, 0.15) is 11.4 Å². The van der Waals surface area contributed by atoms with E-state index in [-0.39, 0.29) is 18.6 Å². The smallest absolute Gasteiger partial charge is 0.350 e. The SMILES string of the molecule is Cc1ccc(-c2csc3ncn(CC(=O)NCc4cccc(C(F)(F)F)c4)c(=O)c23)cc1. The first-order valence-corrected chi connectivity index (χ1v) is 10.6. The zero-order valence-corrected chi connectivity index (χ0v) is 17.8. The molecule has 0 fully saturated rings. The number of fused-ring (bicyclic) bond motifs is 1. The van der Waals surface area contributed by atoms with E-state index in [4.69, 9.17) is 0 Å². The van der Waals surface area contributed by atoms with Crippen molar-refractivity contribution in [1.29, 1.82) is 0 Å². The maximum atomic E-state index is 13.0. The second-order valence-electron chi connectivity index (χ2n) is 7.35. The first kappa shape index (κ1) is 21.8. The van der Waals surface area contributed by atoms with E-state index in [1.54, 1.807) is 0 Å². The summed E-state index contributed by atoms with van der Waals surface area (Å²) < 4.78 is 39.7. The number of halogens is 3. The van der Waals surface area contributed by atoms with Crippen molar-refractivity contribution in [3.63, 3.8) is 0 Å². The van der Waals surface area contributed by atoms with Crippen LogP contribution >= 0.6 is 11.3 Å². The topological polar surface area (TPSA) is 64.0 Å². The molecule has 0 atom stereocenters. The summed E-state index contributed by atoms with van der Waals surface area (Å²) in [5.74, 6) is -0.502. The maximum absolute atomic E-state index is 13.0. The summed E-state index contributed by atoms with van der Waals surface area (Å²) >= 11 is 1.35. The van der Waals surface area contributed by atoms with Gasteiger partial charge in [0.15, 0.2) is 0 Å². The fourth-order valence-corrected chi connectivity index (χ4v) is 4.20. The normalized spacial score (nSPS) is 11.6. The molecule has 0 aliphatic heterocycles. The van der Waals surface area contributed by atoms with Gasteiger partial charge in [-0.1, -0.05) is 42.0 Å². The quantitative estimate of drug-likeness (QED) is 0.470. The Labute approximate surface area is 185 Å². The van der Waals surface area contributed by atoms with E-state index < -0.39 is 17.6 Å². The number of aryl methyl sites for hydroxylation is 1. The molecular formula is C23H18F3N3O2S. The van der Waals surface area contributed by atoms with Crippen molar-refractivity contribution >= 4 is 27.5 Å². The van der Waals surface area contributed by atoms with Crippen molar-refractivity contribution in [3.8, 4) is 11.1 Å². The van der Waals surface area contributed by atoms with Gasteiger partial charge in [0.2, 0.25) is 5.91 Å². The molecule has 4 rings (SSSR count). The van der Waals surface area contributed by atoms with E-state index in [9.17, 15) is 22.8 Å². The second kappa shape index (κ2) is 8.58. The molecule has 2 aromatic heterocycles. The molecule has 0 saturated heterocycles. The second-order valence-corrected chi connectivity index (χ2v) is 8.21. The molecule has 0 spiro atoms. The molecule has 0 radical (unpaired) electrons. The highest BCUT2D eigenvalue weighted by Crippen LogP contribution is 2.31. The van der Waals surface area contributed by atoms with Gasteiger partial charge in [-0.2, -0.15) is 13.2 Å². The number of nitrogens with one attached hydrogen (secondary N) is 1. The Balaban J connectivity index is 1.53. The average Bonchev–Trinajstić information content (AvgIpc) is 3.19. The molecule has 32 heavy (non-hydrogen) atoms. The van der Waals surface area contributed by atoms with Gasteiger partial charge in [0.25, 0.3) is 5.56 Å². The molecule has 2 aromatic carbocycles. The van der Waals surface area contributed by atoms with E-state index in [1.165, 1.54) is 34.4 Å². The Morgan fingerprint density at radius 2 is 1.91 bits per heavy atom. The van der Waals surface area contributed by atoms with Gasteiger partial charge in [0.05, 0.1) is 17.3 Å².